The lowest BCUT2D eigenvalue weighted by Crippen LogP contribution is -2.40. The van der Waals surface area contributed by atoms with E-state index < -0.39 is 17.4 Å². The van der Waals surface area contributed by atoms with Crippen molar-refractivity contribution in [2.24, 2.45) is 0 Å². The van der Waals surface area contributed by atoms with Gasteiger partial charge in [0.25, 0.3) is 23.3 Å². The lowest BCUT2D eigenvalue weighted by molar-refractivity contribution is 0.0893. The Labute approximate surface area is 210 Å². The lowest BCUT2D eigenvalue weighted by Gasteiger charge is -2.21. The average molecular weight is 486 g/mol. The normalized spacial score (nSPS) is 11.0. The molecule has 0 N–H and O–H groups in total. The summed E-state index contributed by atoms with van der Waals surface area (Å²) in [5.74, 6) is -1.28. The molecule has 8 nitrogen and oxygen atoms in total. The van der Waals surface area contributed by atoms with Crippen LogP contribution in [0.5, 0.6) is 0 Å². The van der Waals surface area contributed by atoms with E-state index >= 15 is 0 Å². The Morgan fingerprint density at radius 2 is 1.16 bits per heavy atom. The highest BCUT2D eigenvalue weighted by atomic mass is 16.2. The predicted molar refractivity (Wildman–Crippen MR) is 140 cm³/mol. The summed E-state index contributed by atoms with van der Waals surface area (Å²) < 4.78 is 2.57. The van der Waals surface area contributed by atoms with Crippen LogP contribution in [0.4, 0.5) is 5.95 Å². The van der Waals surface area contributed by atoms with Crippen LogP contribution in [-0.4, -0.2) is 31.0 Å². The van der Waals surface area contributed by atoms with Gasteiger partial charge >= 0.3 is 0 Å². The number of nitrogens with zero attached hydrogens (tertiary/aromatic N) is 5. The summed E-state index contributed by atoms with van der Waals surface area (Å²) in [6.07, 6.45) is 0. The predicted octanol–water partition coefficient (Wildman–Crippen LogP) is 4.50. The Bertz CT molecular complexity index is 1780. The minimum absolute atomic E-state index is 0.0966. The summed E-state index contributed by atoms with van der Waals surface area (Å²) in [5.41, 5.74) is 1.88. The van der Waals surface area contributed by atoms with Gasteiger partial charge in [-0.2, -0.15) is 4.52 Å². The molecule has 0 atom stereocenters. The number of benzene rings is 4. The Balaban J connectivity index is 1.68. The highest BCUT2D eigenvalue weighted by Gasteiger charge is 2.31. The first-order valence-corrected chi connectivity index (χ1v) is 11.6. The Morgan fingerprint density at radius 3 is 1.76 bits per heavy atom. The van der Waals surface area contributed by atoms with E-state index in [4.69, 9.17) is 0 Å². The van der Waals surface area contributed by atoms with Crippen molar-refractivity contribution in [2.75, 3.05) is 4.90 Å². The summed E-state index contributed by atoms with van der Waals surface area (Å²) in [6, 6.07) is 33.0. The first-order chi connectivity index (χ1) is 18.1. The van der Waals surface area contributed by atoms with Gasteiger partial charge in [-0.05, 0) is 36.4 Å². The van der Waals surface area contributed by atoms with Crippen LogP contribution in [-0.2, 0) is 0 Å². The van der Waals surface area contributed by atoms with Gasteiger partial charge in [0.15, 0.2) is 5.69 Å². The first-order valence-electron chi connectivity index (χ1n) is 11.6. The summed E-state index contributed by atoms with van der Waals surface area (Å²) in [4.78, 5) is 47.0. The maximum absolute atomic E-state index is 13.8. The van der Waals surface area contributed by atoms with Crippen molar-refractivity contribution >= 4 is 28.8 Å². The third-order valence-corrected chi connectivity index (χ3v) is 5.98. The molecule has 0 unspecified atom stereocenters. The number of rotatable bonds is 4. The fourth-order valence-electron chi connectivity index (χ4n) is 4.21. The zero-order valence-corrected chi connectivity index (χ0v) is 19.4. The van der Waals surface area contributed by atoms with E-state index in [1.165, 1.54) is 9.15 Å². The smallest absolute Gasteiger partial charge is 0.268 e. The van der Waals surface area contributed by atoms with Crippen molar-refractivity contribution in [1.29, 1.82) is 0 Å². The molecule has 8 heteroatoms. The highest BCUT2D eigenvalue weighted by molar-refractivity contribution is 6.25. The van der Waals surface area contributed by atoms with Crippen LogP contribution in [0.15, 0.2) is 120 Å². The molecule has 0 bridgehead atoms. The number of imide groups is 1. The maximum Gasteiger partial charge on any atom is 0.300 e. The molecule has 2 amide bonds. The fourth-order valence-corrected chi connectivity index (χ4v) is 4.21. The van der Waals surface area contributed by atoms with Gasteiger partial charge in [0.2, 0.25) is 0 Å². The highest BCUT2D eigenvalue weighted by Crippen LogP contribution is 2.23. The monoisotopic (exact) mass is 485 g/mol. The van der Waals surface area contributed by atoms with Crippen LogP contribution in [0.3, 0.4) is 0 Å². The van der Waals surface area contributed by atoms with Crippen molar-refractivity contribution in [1.82, 2.24) is 19.2 Å². The van der Waals surface area contributed by atoms with Gasteiger partial charge in [-0.1, -0.05) is 78.9 Å². The van der Waals surface area contributed by atoms with Crippen LogP contribution < -0.4 is 10.5 Å². The van der Waals surface area contributed by atoms with Crippen molar-refractivity contribution < 1.29 is 9.59 Å². The third-order valence-electron chi connectivity index (χ3n) is 5.98. The molecule has 0 aliphatic heterocycles. The summed E-state index contributed by atoms with van der Waals surface area (Å²) in [5, 5.41) is 4.56. The second-order valence-electron chi connectivity index (χ2n) is 8.30. The molecule has 6 rings (SSSR count). The van der Waals surface area contributed by atoms with Gasteiger partial charge in [-0.15, -0.1) is 9.73 Å². The Morgan fingerprint density at radius 1 is 0.649 bits per heavy atom. The van der Waals surface area contributed by atoms with Gasteiger partial charge in [-0.25, -0.2) is 9.88 Å². The topological polar surface area (TPSA) is 89.0 Å². The number of aromatic nitrogens is 4. The first kappa shape index (κ1) is 22.1. The number of carbonyl (C=O) groups is 2. The van der Waals surface area contributed by atoms with Gasteiger partial charge < -0.3 is 0 Å². The van der Waals surface area contributed by atoms with E-state index in [9.17, 15) is 14.4 Å². The van der Waals surface area contributed by atoms with Crippen molar-refractivity contribution in [3.8, 4) is 11.3 Å². The van der Waals surface area contributed by atoms with E-state index in [1.807, 2.05) is 18.2 Å². The maximum atomic E-state index is 13.8. The number of hydrogen-bond donors (Lipinski definition) is 0. The van der Waals surface area contributed by atoms with Crippen molar-refractivity contribution in [3.63, 3.8) is 0 Å². The van der Waals surface area contributed by atoms with E-state index in [0.29, 0.717) is 16.6 Å². The summed E-state index contributed by atoms with van der Waals surface area (Å²) in [6.45, 7) is 0. The van der Waals surface area contributed by atoms with Crippen LogP contribution in [0.2, 0.25) is 0 Å². The van der Waals surface area contributed by atoms with Crippen LogP contribution in [0.1, 0.15) is 20.7 Å². The molecule has 0 fully saturated rings. The number of carbonyl (C=O) groups excluding carboxylic acids is 2. The molecule has 0 saturated heterocycles. The number of hydrogen-bond acceptors (Lipinski definition) is 5. The molecule has 4 aromatic carbocycles. The molecule has 0 aliphatic carbocycles. The minimum Gasteiger partial charge on any atom is -0.268 e. The molecular weight excluding hydrogens is 466 g/mol. The molecule has 2 heterocycles. The largest absolute Gasteiger partial charge is 0.300 e. The van der Waals surface area contributed by atoms with Crippen LogP contribution >= 0.6 is 0 Å². The van der Waals surface area contributed by atoms with Gasteiger partial charge in [0, 0.05) is 16.7 Å². The number of fused-ring (bicyclic) bond motifs is 3. The fraction of sp³-hybridized carbons (Fsp3) is 0. The molecule has 0 spiro atoms. The Hall–Kier alpha value is -5.37. The van der Waals surface area contributed by atoms with Crippen molar-refractivity contribution in [3.05, 3.63) is 137 Å². The molecule has 0 saturated carbocycles. The standard InChI is InChI=1S/C29H19N5O3/c35-26(21-14-6-2-7-15-21)32(27(36)22-16-8-3-9-17-22)29-30-23-18-10-11-19-24(23)33-28(37)25(31-34(29)33)20-12-4-1-5-13-20/h1-19H. The number of amides is 2. The summed E-state index contributed by atoms with van der Waals surface area (Å²) in [7, 11) is 0. The van der Waals surface area contributed by atoms with Crippen LogP contribution in [0.25, 0.3) is 22.3 Å². The molecule has 178 valence electrons. The molecular formula is C29H19N5O3. The SMILES string of the molecule is O=C(c1ccccc1)N(C(=O)c1ccccc1)c1nc2ccccc2n2c(=O)c(-c3ccccc3)nn12. The molecule has 0 radical (unpaired) electrons. The second kappa shape index (κ2) is 9.01. The van der Waals surface area contributed by atoms with Gasteiger partial charge in [-0.3, -0.25) is 14.4 Å². The van der Waals surface area contributed by atoms with E-state index in [1.54, 1.807) is 97.1 Å². The third kappa shape index (κ3) is 3.77. The second-order valence-corrected chi connectivity index (χ2v) is 8.30. The number of para-hydroxylation sites is 2. The quantitative estimate of drug-likeness (QED) is 0.343. The molecule has 0 aliphatic rings. The van der Waals surface area contributed by atoms with Gasteiger partial charge in [0.05, 0.1) is 11.0 Å². The number of anilines is 1. The molecule has 2 aromatic heterocycles. The zero-order chi connectivity index (χ0) is 25.4. The van der Waals surface area contributed by atoms with Gasteiger partial charge in [0.1, 0.15) is 0 Å². The zero-order valence-electron chi connectivity index (χ0n) is 19.4. The van der Waals surface area contributed by atoms with Crippen molar-refractivity contribution in [2.45, 2.75) is 0 Å². The Kier molecular flexibility index (Phi) is 5.39. The van der Waals surface area contributed by atoms with E-state index in [-0.39, 0.29) is 22.8 Å². The summed E-state index contributed by atoms with van der Waals surface area (Å²) >= 11 is 0. The lowest BCUT2D eigenvalue weighted by atomic mass is 10.1. The van der Waals surface area contributed by atoms with E-state index in [2.05, 4.69) is 10.1 Å². The average Bonchev–Trinajstić information content (AvgIpc) is 3.32. The minimum atomic E-state index is -0.594. The van der Waals surface area contributed by atoms with Crippen LogP contribution in [0, 0.1) is 0 Å². The molecule has 6 aromatic rings. The van der Waals surface area contributed by atoms with E-state index in [0.717, 1.165) is 4.90 Å². The molecule has 37 heavy (non-hydrogen) atoms.